The monoisotopic (exact) mass is 288 g/mol. The van der Waals surface area contributed by atoms with Gasteiger partial charge in [-0.3, -0.25) is 10.1 Å². The zero-order chi connectivity index (χ0) is 15.7. The number of aldehydes is 1. The summed E-state index contributed by atoms with van der Waals surface area (Å²) in [4.78, 5) is 21.3. The molecule has 0 amide bonds. The largest absolute Gasteiger partial charge is 0.303 e. The number of hydrogen-bond acceptors (Lipinski definition) is 4. The molecule has 1 aromatic carbocycles. The summed E-state index contributed by atoms with van der Waals surface area (Å²) in [5.41, 5.74) is 0.890. The van der Waals surface area contributed by atoms with Crippen LogP contribution in [0.15, 0.2) is 18.2 Å². The molecule has 0 aliphatic carbocycles. The third kappa shape index (κ3) is 5.35. The van der Waals surface area contributed by atoms with Gasteiger partial charge in [-0.15, -0.1) is 0 Å². The van der Waals surface area contributed by atoms with Crippen LogP contribution in [0.3, 0.4) is 0 Å². The highest BCUT2D eigenvalue weighted by Gasteiger charge is 2.14. The van der Waals surface area contributed by atoms with Crippen molar-refractivity contribution in [3.63, 3.8) is 0 Å². The Morgan fingerprint density at radius 1 is 1.38 bits per heavy atom. The number of carbonyl (C=O) groups is 1. The van der Waals surface area contributed by atoms with E-state index in [4.69, 9.17) is 5.26 Å². The van der Waals surface area contributed by atoms with E-state index in [-0.39, 0.29) is 17.2 Å². The Kier molecular flexibility index (Phi) is 7.10. The molecule has 21 heavy (non-hydrogen) atoms. The highest BCUT2D eigenvalue weighted by Crippen LogP contribution is 2.21. The van der Waals surface area contributed by atoms with Crippen LogP contribution in [0, 0.1) is 27.4 Å². The molecule has 1 aromatic rings. The minimum atomic E-state index is -0.521. The number of carbonyl (C=O) groups excluding carboxylic acids is 1. The van der Waals surface area contributed by atoms with Gasteiger partial charge in [0.25, 0.3) is 5.69 Å². The molecular formula is C16H20N2O3. The highest BCUT2D eigenvalue weighted by atomic mass is 16.6. The Balaban J connectivity index is 2.73. The van der Waals surface area contributed by atoms with Crippen LogP contribution in [0.5, 0.6) is 0 Å². The van der Waals surface area contributed by atoms with Gasteiger partial charge in [-0.05, 0) is 18.4 Å². The molecule has 0 aromatic heterocycles. The van der Waals surface area contributed by atoms with Crippen LogP contribution in [0.1, 0.15) is 50.2 Å². The molecule has 0 N–H and O–H groups in total. The molecule has 1 rings (SSSR count). The molecule has 0 spiro atoms. The number of nitriles is 1. The first-order valence-electron chi connectivity index (χ1n) is 7.25. The lowest BCUT2D eigenvalue weighted by Crippen LogP contribution is -2.08. The van der Waals surface area contributed by atoms with Gasteiger partial charge in [0.15, 0.2) is 0 Å². The predicted octanol–water partition coefficient (Wildman–Crippen LogP) is 3.79. The first kappa shape index (κ1) is 16.8. The summed E-state index contributed by atoms with van der Waals surface area (Å²) < 4.78 is 0. The van der Waals surface area contributed by atoms with Crippen LogP contribution in [-0.2, 0) is 11.2 Å². The van der Waals surface area contributed by atoms with E-state index in [1.54, 1.807) is 6.07 Å². The average molecular weight is 288 g/mol. The Morgan fingerprint density at radius 3 is 2.71 bits per heavy atom. The van der Waals surface area contributed by atoms with Crippen molar-refractivity contribution in [3.05, 3.63) is 39.4 Å². The second-order valence-corrected chi connectivity index (χ2v) is 5.16. The maximum Gasteiger partial charge on any atom is 0.270 e. The molecule has 0 radical (unpaired) electrons. The van der Waals surface area contributed by atoms with Gasteiger partial charge in [-0.2, -0.15) is 5.26 Å². The van der Waals surface area contributed by atoms with Crippen molar-refractivity contribution in [1.82, 2.24) is 0 Å². The predicted molar refractivity (Wildman–Crippen MR) is 79.8 cm³/mol. The Hall–Kier alpha value is -2.22. The van der Waals surface area contributed by atoms with E-state index in [2.05, 4.69) is 6.92 Å². The fraction of sp³-hybridized carbons (Fsp3) is 0.500. The van der Waals surface area contributed by atoms with E-state index >= 15 is 0 Å². The molecule has 0 saturated carbocycles. The summed E-state index contributed by atoms with van der Waals surface area (Å²) in [6.07, 6.45) is 6.59. The van der Waals surface area contributed by atoms with Crippen molar-refractivity contribution in [2.75, 3.05) is 0 Å². The van der Waals surface area contributed by atoms with Gasteiger partial charge in [0, 0.05) is 18.1 Å². The van der Waals surface area contributed by atoms with Crippen molar-refractivity contribution in [2.45, 2.75) is 45.4 Å². The SMILES string of the molecule is CCCCCC[C@H](C=O)Cc1ccc([N+](=O)[O-])cc1C#N. The molecule has 0 saturated heterocycles. The number of unbranched alkanes of at least 4 members (excludes halogenated alkanes) is 3. The number of nitrogens with zero attached hydrogens (tertiary/aromatic N) is 2. The van der Waals surface area contributed by atoms with Gasteiger partial charge in [-0.1, -0.05) is 38.7 Å². The van der Waals surface area contributed by atoms with Crippen molar-refractivity contribution < 1.29 is 9.72 Å². The number of nitro groups is 1. The van der Waals surface area contributed by atoms with Gasteiger partial charge in [0.1, 0.15) is 6.29 Å². The molecule has 112 valence electrons. The van der Waals surface area contributed by atoms with Crippen LogP contribution in [0.4, 0.5) is 5.69 Å². The molecule has 1 atom stereocenters. The molecule has 0 bridgehead atoms. The Bertz CT molecular complexity index is 535. The lowest BCUT2D eigenvalue weighted by atomic mass is 9.92. The van der Waals surface area contributed by atoms with Crippen LogP contribution >= 0.6 is 0 Å². The minimum absolute atomic E-state index is 0.0964. The van der Waals surface area contributed by atoms with Crippen LogP contribution in [0.25, 0.3) is 0 Å². The fourth-order valence-electron chi connectivity index (χ4n) is 2.29. The first-order valence-corrected chi connectivity index (χ1v) is 7.25. The summed E-state index contributed by atoms with van der Waals surface area (Å²) in [7, 11) is 0. The molecular weight excluding hydrogens is 268 g/mol. The van der Waals surface area contributed by atoms with Crippen molar-refractivity contribution in [3.8, 4) is 6.07 Å². The van der Waals surface area contributed by atoms with E-state index in [0.717, 1.165) is 38.4 Å². The first-order chi connectivity index (χ1) is 10.1. The molecule has 5 nitrogen and oxygen atoms in total. The van der Waals surface area contributed by atoms with Crippen molar-refractivity contribution in [1.29, 1.82) is 5.26 Å². The van der Waals surface area contributed by atoms with E-state index in [1.165, 1.54) is 12.1 Å². The average Bonchev–Trinajstić information content (AvgIpc) is 2.50. The summed E-state index contributed by atoms with van der Waals surface area (Å²) in [6.45, 7) is 2.13. The molecule has 0 aliphatic rings. The number of rotatable bonds is 9. The molecule has 0 fully saturated rings. The van der Waals surface area contributed by atoms with Crippen LogP contribution in [-0.4, -0.2) is 11.2 Å². The van der Waals surface area contributed by atoms with E-state index in [1.807, 2.05) is 6.07 Å². The zero-order valence-electron chi connectivity index (χ0n) is 12.2. The van der Waals surface area contributed by atoms with Crippen molar-refractivity contribution in [2.24, 2.45) is 5.92 Å². The van der Waals surface area contributed by atoms with Crippen LogP contribution < -0.4 is 0 Å². The maximum atomic E-state index is 11.2. The topological polar surface area (TPSA) is 84.0 Å². The van der Waals surface area contributed by atoms with Gasteiger partial charge < -0.3 is 4.79 Å². The number of hydrogen-bond donors (Lipinski definition) is 0. The minimum Gasteiger partial charge on any atom is -0.303 e. The second kappa shape index (κ2) is 8.85. The van der Waals surface area contributed by atoms with E-state index in [0.29, 0.717) is 12.0 Å². The molecule has 0 heterocycles. The quantitative estimate of drug-likeness (QED) is 0.299. The lowest BCUT2D eigenvalue weighted by molar-refractivity contribution is -0.384. The Labute approximate surface area is 124 Å². The smallest absolute Gasteiger partial charge is 0.270 e. The normalized spacial score (nSPS) is 11.6. The number of non-ortho nitro benzene ring substituents is 1. The summed E-state index contributed by atoms with van der Waals surface area (Å²) >= 11 is 0. The molecule has 0 aliphatic heterocycles. The number of benzene rings is 1. The molecule has 0 unspecified atom stereocenters. The fourth-order valence-corrected chi connectivity index (χ4v) is 2.29. The van der Waals surface area contributed by atoms with E-state index in [9.17, 15) is 14.9 Å². The van der Waals surface area contributed by atoms with Crippen LogP contribution in [0.2, 0.25) is 0 Å². The third-order valence-electron chi connectivity index (χ3n) is 3.53. The lowest BCUT2D eigenvalue weighted by Gasteiger charge is -2.11. The van der Waals surface area contributed by atoms with Crippen molar-refractivity contribution >= 4 is 12.0 Å². The Morgan fingerprint density at radius 2 is 2.14 bits per heavy atom. The molecule has 5 heteroatoms. The summed E-state index contributed by atoms with van der Waals surface area (Å²) in [6, 6.07) is 6.22. The third-order valence-corrected chi connectivity index (χ3v) is 3.53. The zero-order valence-corrected chi connectivity index (χ0v) is 12.2. The highest BCUT2D eigenvalue weighted by molar-refractivity contribution is 5.56. The van der Waals surface area contributed by atoms with Gasteiger partial charge in [0.2, 0.25) is 0 Å². The van der Waals surface area contributed by atoms with Gasteiger partial charge in [-0.25, -0.2) is 0 Å². The second-order valence-electron chi connectivity index (χ2n) is 5.16. The maximum absolute atomic E-state index is 11.2. The van der Waals surface area contributed by atoms with Gasteiger partial charge >= 0.3 is 0 Å². The van der Waals surface area contributed by atoms with E-state index < -0.39 is 4.92 Å². The summed E-state index contributed by atoms with van der Waals surface area (Å²) in [5, 5.41) is 19.8. The summed E-state index contributed by atoms with van der Waals surface area (Å²) in [5.74, 6) is -0.129. The number of nitro benzene ring substituents is 1. The standard InChI is InChI=1S/C16H20N2O3/c1-2-3-4-5-6-13(12-19)9-14-7-8-16(18(20)21)10-15(14)11-17/h7-8,10,12-13H,2-6,9H2,1H3/t13-/m0/s1. The van der Waals surface area contributed by atoms with Gasteiger partial charge in [0.05, 0.1) is 16.6 Å².